The molecule has 1 N–H and O–H groups in total. The van der Waals surface area contributed by atoms with E-state index >= 15 is 0 Å². The third-order valence-electron chi connectivity index (χ3n) is 4.56. The second kappa shape index (κ2) is 8.52. The molecule has 25 heavy (non-hydrogen) atoms. The molecular weight excluding hydrogens is 338 g/mol. The molecule has 0 unspecified atom stereocenters. The van der Waals surface area contributed by atoms with Crippen molar-refractivity contribution in [2.45, 2.75) is 19.5 Å². The van der Waals surface area contributed by atoms with E-state index in [4.69, 9.17) is 9.47 Å². The molecule has 2 aromatic rings. The highest BCUT2D eigenvalue weighted by Gasteiger charge is 2.13. The SMILES string of the molecule is Cl.c1cc(N2CCOCC2)ncc1CNCc1ccc2c(c1)CCO2. The van der Waals surface area contributed by atoms with E-state index in [2.05, 4.69) is 45.5 Å². The summed E-state index contributed by atoms with van der Waals surface area (Å²) in [6.07, 6.45) is 2.99. The molecule has 0 amide bonds. The van der Waals surface area contributed by atoms with Crippen LogP contribution in [0.4, 0.5) is 5.82 Å². The molecule has 4 rings (SSSR count). The van der Waals surface area contributed by atoms with Crippen LogP contribution in [0.2, 0.25) is 0 Å². The van der Waals surface area contributed by atoms with Crippen LogP contribution in [0, 0.1) is 0 Å². The molecule has 0 aliphatic carbocycles. The number of nitrogens with one attached hydrogen (secondary N) is 1. The Morgan fingerprint density at radius 1 is 1.00 bits per heavy atom. The Kier molecular flexibility index (Phi) is 6.13. The van der Waals surface area contributed by atoms with Gasteiger partial charge in [-0.1, -0.05) is 18.2 Å². The Labute approximate surface area is 154 Å². The first-order valence-corrected chi connectivity index (χ1v) is 8.61. The maximum atomic E-state index is 5.55. The molecule has 0 radical (unpaired) electrons. The predicted octanol–water partition coefficient (Wildman–Crippen LogP) is 2.56. The average Bonchev–Trinajstić information content (AvgIpc) is 3.11. The summed E-state index contributed by atoms with van der Waals surface area (Å²) >= 11 is 0. The zero-order valence-corrected chi connectivity index (χ0v) is 15.1. The first kappa shape index (κ1) is 18.0. The Balaban J connectivity index is 0.00000182. The number of hydrogen-bond donors (Lipinski definition) is 1. The molecule has 1 fully saturated rings. The van der Waals surface area contributed by atoms with Crippen molar-refractivity contribution in [3.05, 3.63) is 53.2 Å². The minimum Gasteiger partial charge on any atom is -0.493 e. The van der Waals surface area contributed by atoms with E-state index in [1.165, 1.54) is 16.7 Å². The standard InChI is InChI=1S/C19H23N3O2.ClH/c1-3-18-17(5-8-24-18)11-15(1)12-20-13-16-2-4-19(21-14-16)22-6-9-23-10-7-22;/h1-4,11,14,20H,5-10,12-13H2;1H. The Hall–Kier alpha value is -1.82. The van der Waals surface area contributed by atoms with Gasteiger partial charge < -0.3 is 19.7 Å². The van der Waals surface area contributed by atoms with Crippen molar-refractivity contribution in [2.24, 2.45) is 0 Å². The van der Waals surface area contributed by atoms with Gasteiger partial charge in [0.25, 0.3) is 0 Å². The van der Waals surface area contributed by atoms with Gasteiger partial charge >= 0.3 is 0 Å². The number of rotatable bonds is 5. The van der Waals surface area contributed by atoms with Crippen molar-refractivity contribution < 1.29 is 9.47 Å². The molecule has 0 spiro atoms. The van der Waals surface area contributed by atoms with Crippen LogP contribution in [0.1, 0.15) is 16.7 Å². The van der Waals surface area contributed by atoms with Crippen molar-refractivity contribution in [1.82, 2.24) is 10.3 Å². The lowest BCUT2D eigenvalue weighted by Gasteiger charge is -2.27. The van der Waals surface area contributed by atoms with Gasteiger partial charge in [0.2, 0.25) is 0 Å². The molecule has 3 heterocycles. The van der Waals surface area contributed by atoms with E-state index in [0.717, 1.165) is 64.0 Å². The zero-order chi connectivity index (χ0) is 16.2. The molecule has 1 aromatic carbocycles. The number of nitrogens with zero attached hydrogens (tertiary/aromatic N) is 2. The molecule has 1 aromatic heterocycles. The summed E-state index contributed by atoms with van der Waals surface area (Å²) in [5, 5.41) is 3.49. The molecule has 2 aliphatic heterocycles. The highest BCUT2D eigenvalue weighted by Crippen LogP contribution is 2.25. The maximum absolute atomic E-state index is 5.55. The fraction of sp³-hybridized carbons (Fsp3) is 0.421. The number of ether oxygens (including phenoxy) is 2. The highest BCUT2D eigenvalue weighted by atomic mass is 35.5. The molecular formula is C19H24ClN3O2. The van der Waals surface area contributed by atoms with Crippen molar-refractivity contribution in [2.75, 3.05) is 37.8 Å². The number of morpholine rings is 1. The summed E-state index contributed by atoms with van der Waals surface area (Å²) in [5.41, 5.74) is 3.83. The lowest BCUT2D eigenvalue weighted by molar-refractivity contribution is 0.122. The quantitative estimate of drug-likeness (QED) is 0.886. The topological polar surface area (TPSA) is 46.6 Å². The number of pyridine rings is 1. The van der Waals surface area contributed by atoms with Crippen LogP contribution in [0.3, 0.4) is 0 Å². The van der Waals surface area contributed by atoms with Gasteiger partial charge in [-0.05, 0) is 28.8 Å². The van der Waals surface area contributed by atoms with Gasteiger partial charge in [-0.25, -0.2) is 4.98 Å². The van der Waals surface area contributed by atoms with E-state index in [1.54, 1.807) is 0 Å². The molecule has 6 heteroatoms. The number of aromatic nitrogens is 1. The van der Waals surface area contributed by atoms with Crippen LogP contribution in [0.25, 0.3) is 0 Å². The average molecular weight is 362 g/mol. The second-order valence-corrected chi connectivity index (χ2v) is 6.27. The lowest BCUT2D eigenvalue weighted by Crippen LogP contribution is -2.36. The molecule has 1 saturated heterocycles. The summed E-state index contributed by atoms with van der Waals surface area (Å²) in [5.74, 6) is 2.09. The minimum atomic E-state index is 0. The van der Waals surface area contributed by atoms with Gasteiger partial charge in [0.1, 0.15) is 11.6 Å². The lowest BCUT2D eigenvalue weighted by atomic mass is 10.1. The van der Waals surface area contributed by atoms with Crippen LogP contribution >= 0.6 is 12.4 Å². The molecule has 0 saturated carbocycles. The third kappa shape index (κ3) is 4.42. The monoisotopic (exact) mass is 361 g/mol. The van der Waals surface area contributed by atoms with Crippen LogP contribution in [0.15, 0.2) is 36.5 Å². The molecule has 2 aliphatic rings. The van der Waals surface area contributed by atoms with Crippen molar-refractivity contribution >= 4 is 18.2 Å². The van der Waals surface area contributed by atoms with E-state index < -0.39 is 0 Å². The molecule has 0 atom stereocenters. The number of halogens is 1. The summed E-state index contributed by atoms with van der Waals surface area (Å²) in [6.45, 7) is 5.92. The minimum absolute atomic E-state index is 0. The van der Waals surface area contributed by atoms with Crippen molar-refractivity contribution in [3.8, 4) is 5.75 Å². The van der Waals surface area contributed by atoms with Gasteiger partial charge in [-0.3, -0.25) is 0 Å². The van der Waals surface area contributed by atoms with Crippen LogP contribution in [-0.2, 0) is 24.2 Å². The third-order valence-corrected chi connectivity index (χ3v) is 4.56. The zero-order valence-electron chi connectivity index (χ0n) is 14.2. The number of anilines is 1. The van der Waals surface area contributed by atoms with Crippen molar-refractivity contribution in [3.63, 3.8) is 0 Å². The largest absolute Gasteiger partial charge is 0.493 e. The van der Waals surface area contributed by atoms with Gasteiger partial charge in [0.05, 0.1) is 19.8 Å². The van der Waals surface area contributed by atoms with Gasteiger partial charge in [0.15, 0.2) is 0 Å². The van der Waals surface area contributed by atoms with Gasteiger partial charge in [0, 0.05) is 38.8 Å². The van der Waals surface area contributed by atoms with E-state index in [-0.39, 0.29) is 12.4 Å². The molecule has 5 nitrogen and oxygen atoms in total. The summed E-state index contributed by atoms with van der Waals surface area (Å²) in [6, 6.07) is 10.7. The van der Waals surface area contributed by atoms with Gasteiger partial charge in [-0.2, -0.15) is 0 Å². The Morgan fingerprint density at radius 2 is 1.80 bits per heavy atom. The van der Waals surface area contributed by atoms with Crippen LogP contribution < -0.4 is 15.0 Å². The fourth-order valence-electron chi connectivity index (χ4n) is 3.20. The van der Waals surface area contributed by atoms with Crippen molar-refractivity contribution in [1.29, 1.82) is 0 Å². The first-order valence-electron chi connectivity index (χ1n) is 8.61. The summed E-state index contributed by atoms with van der Waals surface area (Å²) in [7, 11) is 0. The second-order valence-electron chi connectivity index (χ2n) is 6.27. The molecule has 0 bridgehead atoms. The summed E-state index contributed by atoms with van der Waals surface area (Å²) < 4.78 is 10.9. The van der Waals surface area contributed by atoms with Crippen LogP contribution in [-0.4, -0.2) is 37.9 Å². The normalized spacial score (nSPS) is 16.1. The number of hydrogen-bond acceptors (Lipinski definition) is 5. The Morgan fingerprint density at radius 3 is 2.60 bits per heavy atom. The summed E-state index contributed by atoms with van der Waals surface area (Å²) in [4.78, 5) is 6.86. The fourth-order valence-corrected chi connectivity index (χ4v) is 3.20. The van der Waals surface area contributed by atoms with Gasteiger partial charge in [-0.15, -0.1) is 12.4 Å². The number of fused-ring (bicyclic) bond motifs is 1. The van der Waals surface area contributed by atoms with E-state index in [1.807, 2.05) is 6.20 Å². The Bertz CT molecular complexity index is 688. The van der Waals surface area contributed by atoms with Crippen LogP contribution in [0.5, 0.6) is 5.75 Å². The maximum Gasteiger partial charge on any atom is 0.128 e. The predicted molar refractivity (Wildman–Crippen MR) is 101 cm³/mol. The molecule has 134 valence electrons. The first-order chi connectivity index (χ1) is 11.9. The number of benzene rings is 1. The smallest absolute Gasteiger partial charge is 0.128 e. The van der Waals surface area contributed by atoms with E-state index in [9.17, 15) is 0 Å². The van der Waals surface area contributed by atoms with E-state index in [0.29, 0.717) is 0 Å². The highest BCUT2D eigenvalue weighted by molar-refractivity contribution is 5.85.